The van der Waals surface area contributed by atoms with Gasteiger partial charge >= 0.3 is 0 Å². The molecule has 2 heteroatoms. The molecule has 0 aliphatic carbocycles. The van der Waals surface area contributed by atoms with E-state index in [9.17, 15) is 5.11 Å². The third-order valence-corrected chi connectivity index (χ3v) is 2.77. The molecule has 1 aliphatic heterocycles. The molecule has 0 radical (unpaired) electrons. The van der Waals surface area contributed by atoms with Crippen molar-refractivity contribution in [3.05, 3.63) is 0 Å². The van der Waals surface area contributed by atoms with Crippen LogP contribution in [0, 0.1) is 17.8 Å². The zero-order valence-electron chi connectivity index (χ0n) is 8.21. The molecule has 2 unspecified atom stereocenters. The molecule has 1 saturated heterocycles. The summed E-state index contributed by atoms with van der Waals surface area (Å²) in [6.45, 7) is 7.07. The van der Waals surface area contributed by atoms with Gasteiger partial charge in [0.25, 0.3) is 0 Å². The van der Waals surface area contributed by atoms with Crippen LogP contribution in [0.1, 0.15) is 26.7 Å². The van der Waals surface area contributed by atoms with E-state index in [4.69, 9.17) is 0 Å². The SMILES string of the molecule is CC(C)CC(CO)C1CCNC1. The van der Waals surface area contributed by atoms with Crippen molar-refractivity contribution in [1.82, 2.24) is 5.32 Å². The van der Waals surface area contributed by atoms with E-state index in [0.717, 1.165) is 19.0 Å². The predicted octanol–water partition coefficient (Wildman–Crippen LogP) is 1.25. The number of hydrogen-bond donors (Lipinski definition) is 2. The average molecular weight is 171 g/mol. The molecule has 1 aliphatic rings. The van der Waals surface area contributed by atoms with Crippen molar-refractivity contribution >= 4 is 0 Å². The molecular formula is C10H21NO. The second-order valence-corrected chi connectivity index (χ2v) is 4.33. The van der Waals surface area contributed by atoms with E-state index in [1.165, 1.54) is 12.8 Å². The van der Waals surface area contributed by atoms with E-state index in [1.807, 2.05) is 0 Å². The van der Waals surface area contributed by atoms with Gasteiger partial charge in [-0.2, -0.15) is 0 Å². The predicted molar refractivity (Wildman–Crippen MR) is 51.0 cm³/mol. The van der Waals surface area contributed by atoms with Gasteiger partial charge in [-0.1, -0.05) is 13.8 Å². The number of hydrogen-bond acceptors (Lipinski definition) is 2. The Kier molecular flexibility index (Phi) is 4.02. The van der Waals surface area contributed by atoms with Crippen molar-refractivity contribution in [1.29, 1.82) is 0 Å². The summed E-state index contributed by atoms with van der Waals surface area (Å²) in [7, 11) is 0. The highest BCUT2D eigenvalue weighted by molar-refractivity contribution is 4.78. The van der Waals surface area contributed by atoms with Crippen LogP contribution in [-0.4, -0.2) is 24.8 Å². The first-order valence-corrected chi connectivity index (χ1v) is 5.05. The number of aliphatic hydroxyl groups excluding tert-OH is 1. The summed E-state index contributed by atoms with van der Waals surface area (Å²) < 4.78 is 0. The van der Waals surface area contributed by atoms with Gasteiger partial charge in [-0.25, -0.2) is 0 Å². The van der Waals surface area contributed by atoms with Gasteiger partial charge in [-0.05, 0) is 43.7 Å². The van der Waals surface area contributed by atoms with Crippen molar-refractivity contribution in [2.75, 3.05) is 19.7 Å². The topological polar surface area (TPSA) is 32.3 Å². The van der Waals surface area contributed by atoms with Gasteiger partial charge in [0.1, 0.15) is 0 Å². The summed E-state index contributed by atoms with van der Waals surface area (Å²) >= 11 is 0. The molecular weight excluding hydrogens is 150 g/mol. The molecule has 0 amide bonds. The monoisotopic (exact) mass is 171 g/mol. The fraction of sp³-hybridized carbons (Fsp3) is 1.00. The molecule has 2 nitrogen and oxygen atoms in total. The molecule has 1 rings (SSSR count). The Balaban J connectivity index is 2.32. The molecule has 72 valence electrons. The van der Waals surface area contributed by atoms with Crippen LogP contribution in [0.15, 0.2) is 0 Å². The van der Waals surface area contributed by atoms with Crippen molar-refractivity contribution in [2.24, 2.45) is 17.8 Å². The summed E-state index contributed by atoms with van der Waals surface area (Å²) in [5.41, 5.74) is 0. The van der Waals surface area contributed by atoms with Crippen molar-refractivity contribution in [3.8, 4) is 0 Å². The molecule has 0 bridgehead atoms. The van der Waals surface area contributed by atoms with E-state index in [-0.39, 0.29) is 0 Å². The van der Waals surface area contributed by atoms with Gasteiger partial charge in [0.2, 0.25) is 0 Å². The lowest BCUT2D eigenvalue weighted by Crippen LogP contribution is -2.22. The normalized spacial score (nSPS) is 26.5. The van der Waals surface area contributed by atoms with Crippen LogP contribution in [-0.2, 0) is 0 Å². The van der Waals surface area contributed by atoms with Crippen LogP contribution in [0.3, 0.4) is 0 Å². The van der Waals surface area contributed by atoms with E-state index in [2.05, 4.69) is 19.2 Å². The largest absolute Gasteiger partial charge is 0.396 e. The first-order chi connectivity index (χ1) is 5.74. The second kappa shape index (κ2) is 4.83. The quantitative estimate of drug-likeness (QED) is 0.667. The maximum Gasteiger partial charge on any atom is 0.0462 e. The third-order valence-electron chi connectivity index (χ3n) is 2.77. The van der Waals surface area contributed by atoms with Crippen LogP contribution in [0.4, 0.5) is 0 Å². The highest BCUT2D eigenvalue weighted by Gasteiger charge is 2.24. The van der Waals surface area contributed by atoms with E-state index in [1.54, 1.807) is 0 Å². The lowest BCUT2D eigenvalue weighted by atomic mass is 9.85. The van der Waals surface area contributed by atoms with Crippen LogP contribution in [0.2, 0.25) is 0 Å². The maximum atomic E-state index is 9.21. The molecule has 12 heavy (non-hydrogen) atoms. The summed E-state index contributed by atoms with van der Waals surface area (Å²) in [5.74, 6) is 1.96. The van der Waals surface area contributed by atoms with Crippen LogP contribution in [0.25, 0.3) is 0 Å². The Morgan fingerprint density at radius 3 is 2.67 bits per heavy atom. The van der Waals surface area contributed by atoms with Crippen molar-refractivity contribution in [2.45, 2.75) is 26.7 Å². The van der Waals surface area contributed by atoms with E-state index < -0.39 is 0 Å². The fourth-order valence-electron chi connectivity index (χ4n) is 2.10. The number of rotatable bonds is 4. The molecule has 0 saturated carbocycles. The minimum Gasteiger partial charge on any atom is -0.396 e. The summed E-state index contributed by atoms with van der Waals surface area (Å²) in [6, 6.07) is 0. The highest BCUT2D eigenvalue weighted by Crippen LogP contribution is 2.24. The van der Waals surface area contributed by atoms with E-state index in [0.29, 0.717) is 18.4 Å². The third kappa shape index (κ3) is 2.76. The highest BCUT2D eigenvalue weighted by atomic mass is 16.3. The molecule has 2 atom stereocenters. The molecule has 0 spiro atoms. The van der Waals surface area contributed by atoms with Gasteiger partial charge in [0.05, 0.1) is 0 Å². The zero-order valence-corrected chi connectivity index (χ0v) is 8.21. The Hall–Kier alpha value is -0.0800. The summed E-state index contributed by atoms with van der Waals surface area (Å²) in [6.07, 6.45) is 2.42. The molecule has 0 aromatic carbocycles. The number of nitrogens with one attached hydrogen (secondary N) is 1. The minimum atomic E-state index is 0.366. The van der Waals surface area contributed by atoms with Crippen molar-refractivity contribution in [3.63, 3.8) is 0 Å². The van der Waals surface area contributed by atoms with Crippen LogP contribution >= 0.6 is 0 Å². The van der Waals surface area contributed by atoms with Gasteiger partial charge in [-0.3, -0.25) is 0 Å². The lowest BCUT2D eigenvalue weighted by molar-refractivity contribution is 0.161. The first kappa shape index (κ1) is 10.0. The first-order valence-electron chi connectivity index (χ1n) is 5.05. The van der Waals surface area contributed by atoms with Crippen LogP contribution < -0.4 is 5.32 Å². The maximum absolute atomic E-state index is 9.21. The average Bonchev–Trinajstić information content (AvgIpc) is 2.51. The molecule has 0 aromatic rings. The van der Waals surface area contributed by atoms with Gasteiger partial charge in [-0.15, -0.1) is 0 Å². The van der Waals surface area contributed by atoms with Gasteiger partial charge in [0.15, 0.2) is 0 Å². The zero-order chi connectivity index (χ0) is 8.97. The second-order valence-electron chi connectivity index (χ2n) is 4.33. The van der Waals surface area contributed by atoms with Gasteiger partial charge in [0, 0.05) is 6.61 Å². The van der Waals surface area contributed by atoms with Gasteiger partial charge < -0.3 is 10.4 Å². The minimum absolute atomic E-state index is 0.366. The summed E-state index contributed by atoms with van der Waals surface area (Å²) in [5, 5.41) is 12.6. The Morgan fingerprint density at radius 1 is 1.50 bits per heavy atom. The summed E-state index contributed by atoms with van der Waals surface area (Å²) in [4.78, 5) is 0. The molecule has 2 N–H and O–H groups in total. The fourth-order valence-corrected chi connectivity index (χ4v) is 2.10. The Bertz CT molecular complexity index is 119. The van der Waals surface area contributed by atoms with Crippen molar-refractivity contribution < 1.29 is 5.11 Å². The standard InChI is InChI=1S/C10H21NO/c1-8(2)5-10(7-12)9-3-4-11-6-9/h8-12H,3-7H2,1-2H3. The smallest absolute Gasteiger partial charge is 0.0462 e. The Morgan fingerprint density at radius 2 is 2.25 bits per heavy atom. The van der Waals surface area contributed by atoms with E-state index >= 15 is 0 Å². The molecule has 0 aromatic heterocycles. The van der Waals surface area contributed by atoms with Crippen LogP contribution in [0.5, 0.6) is 0 Å². The molecule has 1 fully saturated rings. The Labute approximate surface area is 75.4 Å². The number of aliphatic hydroxyl groups is 1. The lowest BCUT2D eigenvalue weighted by Gasteiger charge is -2.22. The molecule has 1 heterocycles.